The third-order valence-electron chi connectivity index (χ3n) is 4.81. The summed E-state index contributed by atoms with van der Waals surface area (Å²) in [6.07, 6.45) is 7.54. The highest BCUT2D eigenvalue weighted by molar-refractivity contribution is 5.50. The zero-order valence-electron chi connectivity index (χ0n) is 12.2. The smallest absolute Gasteiger partial charge is 0.161 e. The summed E-state index contributed by atoms with van der Waals surface area (Å²) >= 11 is 0. The predicted octanol–water partition coefficient (Wildman–Crippen LogP) is 3.45. The highest BCUT2D eigenvalue weighted by Gasteiger charge is 2.30. The molecule has 2 aliphatic carbocycles. The van der Waals surface area contributed by atoms with Crippen molar-refractivity contribution in [3.8, 4) is 11.5 Å². The van der Waals surface area contributed by atoms with Gasteiger partial charge < -0.3 is 14.6 Å². The van der Waals surface area contributed by atoms with Gasteiger partial charge in [-0.25, -0.2) is 0 Å². The molecule has 2 unspecified atom stereocenters. The van der Waals surface area contributed by atoms with E-state index in [1.807, 2.05) is 6.07 Å². The highest BCUT2D eigenvalue weighted by Crippen LogP contribution is 2.42. The summed E-state index contributed by atoms with van der Waals surface area (Å²) in [5.41, 5.74) is 2.36. The first-order valence-electron chi connectivity index (χ1n) is 7.35. The molecule has 108 valence electrons. The summed E-state index contributed by atoms with van der Waals surface area (Å²) in [5.74, 6) is 3.22. The monoisotopic (exact) mass is 274 g/mol. The van der Waals surface area contributed by atoms with Crippen LogP contribution in [0.3, 0.4) is 0 Å². The molecule has 0 saturated heterocycles. The number of phenols is 1. The molecule has 0 bridgehead atoms. The number of ether oxygens (including phenoxy) is 2. The van der Waals surface area contributed by atoms with Gasteiger partial charge in [-0.2, -0.15) is 0 Å². The van der Waals surface area contributed by atoms with E-state index in [9.17, 15) is 5.11 Å². The lowest BCUT2D eigenvalue weighted by molar-refractivity contribution is 0.227. The fraction of sp³-hybridized carbons (Fsp3) is 0.529. The van der Waals surface area contributed by atoms with E-state index in [1.54, 1.807) is 14.2 Å². The number of allylic oxidation sites excluding steroid dienone is 2. The molecule has 2 atom stereocenters. The first-order chi connectivity index (χ1) is 9.72. The van der Waals surface area contributed by atoms with E-state index in [1.165, 1.54) is 5.56 Å². The number of hydrogen-bond donors (Lipinski definition) is 1. The van der Waals surface area contributed by atoms with Crippen molar-refractivity contribution in [2.24, 2.45) is 11.8 Å². The van der Waals surface area contributed by atoms with Gasteiger partial charge in [-0.1, -0.05) is 6.07 Å². The van der Waals surface area contributed by atoms with E-state index in [4.69, 9.17) is 9.47 Å². The van der Waals surface area contributed by atoms with Crippen molar-refractivity contribution >= 4 is 0 Å². The molecule has 0 amide bonds. The predicted molar refractivity (Wildman–Crippen MR) is 78.0 cm³/mol. The van der Waals surface area contributed by atoms with Gasteiger partial charge in [0.25, 0.3) is 0 Å². The summed E-state index contributed by atoms with van der Waals surface area (Å²) in [6.45, 7) is 0. The van der Waals surface area contributed by atoms with Crippen LogP contribution in [0.4, 0.5) is 0 Å². The molecule has 0 fully saturated rings. The van der Waals surface area contributed by atoms with Gasteiger partial charge in [0.05, 0.1) is 20.0 Å². The van der Waals surface area contributed by atoms with Crippen molar-refractivity contribution in [1.29, 1.82) is 0 Å². The zero-order chi connectivity index (χ0) is 14.1. The first-order valence-corrected chi connectivity index (χ1v) is 7.35. The Morgan fingerprint density at radius 2 is 1.95 bits per heavy atom. The van der Waals surface area contributed by atoms with E-state index in [0.717, 1.165) is 43.4 Å². The van der Waals surface area contributed by atoms with Crippen molar-refractivity contribution in [2.75, 3.05) is 14.2 Å². The second-order valence-corrected chi connectivity index (χ2v) is 5.80. The van der Waals surface area contributed by atoms with Crippen LogP contribution in [0.1, 0.15) is 30.4 Å². The number of benzene rings is 1. The van der Waals surface area contributed by atoms with Crippen LogP contribution in [0.25, 0.3) is 0 Å². The van der Waals surface area contributed by atoms with Crippen LogP contribution in [-0.4, -0.2) is 19.3 Å². The summed E-state index contributed by atoms with van der Waals surface area (Å²) in [6, 6.07) is 3.98. The largest absolute Gasteiger partial charge is 0.504 e. The molecule has 2 aliphatic rings. The minimum absolute atomic E-state index is 0.340. The maximum absolute atomic E-state index is 10.4. The van der Waals surface area contributed by atoms with Crippen LogP contribution in [-0.2, 0) is 17.6 Å². The fourth-order valence-corrected chi connectivity index (χ4v) is 3.61. The molecule has 20 heavy (non-hydrogen) atoms. The van der Waals surface area contributed by atoms with Gasteiger partial charge >= 0.3 is 0 Å². The Balaban J connectivity index is 1.93. The summed E-state index contributed by atoms with van der Waals surface area (Å²) in [4.78, 5) is 0. The molecule has 0 aliphatic heterocycles. The molecule has 3 heteroatoms. The standard InChI is InChI=1S/C17H22O3/c1-19-14-7-5-13-10-15-11(3-4-12(13)9-14)6-8-16(20-2)17(15)18/h6,8-9,12-13,18H,3-5,7,10H2,1-2H3. The van der Waals surface area contributed by atoms with Crippen molar-refractivity contribution in [2.45, 2.75) is 32.1 Å². The number of aromatic hydroxyl groups is 1. The maximum Gasteiger partial charge on any atom is 0.161 e. The van der Waals surface area contributed by atoms with E-state index in [2.05, 4.69) is 12.1 Å². The van der Waals surface area contributed by atoms with Crippen molar-refractivity contribution in [3.63, 3.8) is 0 Å². The molecule has 3 rings (SSSR count). The second kappa shape index (κ2) is 5.39. The Morgan fingerprint density at radius 1 is 1.10 bits per heavy atom. The number of rotatable bonds is 2. The van der Waals surface area contributed by atoms with Gasteiger partial charge in [0, 0.05) is 12.0 Å². The van der Waals surface area contributed by atoms with Crippen LogP contribution < -0.4 is 4.74 Å². The molecule has 0 heterocycles. The molecule has 0 saturated carbocycles. The molecular weight excluding hydrogens is 252 g/mol. The number of hydrogen-bond acceptors (Lipinski definition) is 3. The fourth-order valence-electron chi connectivity index (χ4n) is 3.61. The van der Waals surface area contributed by atoms with Crippen molar-refractivity contribution in [3.05, 3.63) is 35.1 Å². The summed E-state index contributed by atoms with van der Waals surface area (Å²) < 4.78 is 10.7. The summed E-state index contributed by atoms with van der Waals surface area (Å²) in [7, 11) is 3.36. The average Bonchev–Trinajstić information content (AvgIpc) is 2.67. The zero-order valence-corrected chi connectivity index (χ0v) is 12.2. The lowest BCUT2D eigenvalue weighted by Crippen LogP contribution is -2.19. The molecular formula is C17H22O3. The van der Waals surface area contributed by atoms with Crippen LogP contribution in [0.15, 0.2) is 24.0 Å². The Hall–Kier alpha value is -1.64. The van der Waals surface area contributed by atoms with E-state index in [-0.39, 0.29) is 0 Å². The van der Waals surface area contributed by atoms with E-state index in [0.29, 0.717) is 23.3 Å². The Kier molecular flexibility index (Phi) is 3.60. The molecule has 3 nitrogen and oxygen atoms in total. The van der Waals surface area contributed by atoms with Gasteiger partial charge in [0.2, 0.25) is 0 Å². The minimum Gasteiger partial charge on any atom is -0.504 e. The Morgan fingerprint density at radius 3 is 2.70 bits per heavy atom. The minimum atomic E-state index is 0.340. The van der Waals surface area contributed by atoms with Crippen LogP contribution in [0.5, 0.6) is 11.5 Å². The lowest BCUT2D eigenvalue weighted by Gasteiger charge is -2.28. The van der Waals surface area contributed by atoms with E-state index < -0.39 is 0 Å². The molecule has 1 N–H and O–H groups in total. The van der Waals surface area contributed by atoms with Crippen LogP contribution >= 0.6 is 0 Å². The Bertz CT molecular complexity index is 533. The summed E-state index contributed by atoms with van der Waals surface area (Å²) in [5, 5.41) is 10.4. The highest BCUT2D eigenvalue weighted by atomic mass is 16.5. The third kappa shape index (κ3) is 2.26. The van der Waals surface area contributed by atoms with Crippen LogP contribution in [0.2, 0.25) is 0 Å². The van der Waals surface area contributed by atoms with Gasteiger partial charge in [0.15, 0.2) is 11.5 Å². The van der Waals surface area contributed by atoms with Gasteiger partial charge in [0.1, 0.15) is 0 Å². The molecule has 0 aromatic heterocycles. The van der Waals surface area contributed by atoms with E-state index >= 15 is 0 Å². The number of aryl methyl sites for hydroxylation is 1. The first kappa shape index (κ1) is 13.3. The SMILES string of the molecule is COC1=CC2CCc3ccc(OC)c(O)c3CC2CC1. The molecule has 0 radical (unpaired) electrons. The van der Waals surface area contributed by atoms with Crippen molar-refractivity contribution < 1.29 is 14.6 Å². The second-order valence-electron chi connectivity index (χ2n) is 5.80. The average molecular weight is 274 g/mol. The quantitative estimate of drug-likeness (QED) is 0.897. The van der Waals surface area contributed by atoms with Crippen LogP contribution in [0, 0.1) is 11.8 Å². The number of phenolic OH excluding ortho intramolecular Hbond substituents is 1. The lowest BCUT2D eigenvalue weighted by atomic mass is 9.79. The van der Waals surface area contributed by atoms with Crippen molar-refractivity contribution in [1.82, 2.24) is 0 Å². The molecule has 1 aromatic carbocycles. The topological polar surface area (TPSA) is 38.7 Å². The molecule has 1 aromatic rings. The van der Waals surface area contributed by atoms with Gasteiger partial charge in [-0.05, 0) is 55.2 Å². The third-order valence-corrected chi connectivity index (χ3v) is 4.81. The molecule has 0 spiro atoms. The maximum atomic E-state index is 10.4. The van der Waals surface area contributed by atoms with Gasteiger partial charge in [-0.3, -0.25) is 0 Å². The normalized spacial score (nSPS) is 25.0. The van der Waals surface area contributed by atoms with Gasteiger partial charge in [-0.15, -0.1) is 0 Å². The number of fused-ring (bicyclic) bond motifs is 2. The Labute approximate surface area is 120 Å². The number of methoxy groups -OCH3 is 2.